The summed E-state index contributed by atoms with van der Waals surface area (Å²) >= 11 is 7.75. The quantitative estimate of drug-likeness (QED) is 0.411. The summed E-state index contributed by atoms with van der Waals surface area (Å²) in [4.78, 5) is 9.80. The lowest BCUT2D eigenvalue weighted by Gasteiger charge is -2.12. The molecule has 0 unspecified atom stereocenters. The molecule has 0 fully saturated rings. The molecule has 2 heterocycles. The van der Waals surface area contributed by atoms with Crippen LogP contribution in [0.5, 0.6) is 11.5 Å². The highest BCUT2D eigenvalue weighted by atomic mass is 35.5. The molecule has 0 atom stereocenters. The Morgan fingerprint density at radius 2 is 1.93 bits per heavy atom. The second kappa shape index (κ2) is 8.04. The van der Waals surface area contributed by atoms with Crippen LogP contribution in [0, 0.1) is 0 Å². The van der Waals surface area contributed by atoms with Crippen molar-refractivity contribution in [1.29, 1.82) is 0 Å². The normalized spacial score (nSPS) is 10.8. The molecule has 0 saturated carbocycles. The smallest absolute Gasteiger partial charge is 0.143 e. The first-order valence-corrected chi connectivity index (χ1v) is 10.0. The number of nitrogens with zero attached hydrogens (tertiary/aromatic N) is 2. The number of nitrogens with one attached hydrogen (secondary N) is 1. The van der Waals surface area contributed by atoms with Gasteiger partial charge in [0.25, 0.3) is 0 Å². The van der Waals surface area contributed by atoms with E-state index >= 15 is 0 Å². The van der Waals surface area contributed by atoms with Crippen LogP contribution in [0.4, 0.5) is 11.5 Å². The number of hydrogen-bond acceptors (Lipinski definition) is 6. The molecule has 4 aromatic rings. The molecule has 1 N–H and O–H groups in total. The van der Waals surface area contributed by atoms with Gasteiger partial charge in [0.05, 0.1) is 24.8 Å². The summed E-state index contributed by atoms with van der Waals surface area (Å²) in [6.07, 6.45) is 1.56. The van der Waals surface area contributed by atoms with Crippen LogP contribution in [-0.2, 0) is 0 Å². The van der Waals surface area contributed by atoms with E-state index in [-0.39, 0.29) is 0 Å². The number of aromatic nitrogens is 2. The largest absolute Gasteiger partial charge is 0.495 e. The van der Waals surface area contributed by atoms with E-state index in [0.717, 1.165) is 32.8 Å². The summed E-state index contributed by atoms with van der Waals surface area (Å²) in [6.45, 7) is 2.61. The van der Waals surface area contributed by atoms with E-state index in [9.17, 15) is 0 Å². The van der Waals surface area contributed by atoms with Crippen molar-refractivity contribution in [2.24, 2.45) is 0 Å². The molecule has 0 aliphatic rings. The van der Waals surface area contributed by atoms with Crippen molar-refractivity contribution in [3.05, 3.63) is 59.2 Å². The van der Waals surface area contributed by atoms with Crippen molar-refractivity contribution < 1.29 is 9.47 Å². The van der Waals surface area contributed by atoms with Gasteiger partial charge in [-0.25, -0.2) is 9.97 Å². The molecule has 28 heavy (non-hydrogen) atoms. The predicted molar refractivity (Wildman–Crippen MR) is 115 cm³/mol. The number of thiophene rings is 1. The average Bonchev–Trinajstić information content (AvgIpc) is 3.14. The second-order valence-corrected chi connectivity index (χ2v) is 7.27. The third-order valence-corrected chi connectivity index (χ3v) is 5.38. The first-order chi connectivity index (χ1) is 13.7. The topological polar surface area (TPSA) is 56.3 Å². The van der Waals surface area contributed by atoms with Gasteiger partial charge in [0.15, 0.2) is 0 Å². The minimum absolute atomic E-state index is 0.616. The lowest BCUT2D eigenvalue weighted by molar-refractivity contribution is 0.340. The fourth-order valence-corrected chi connectivity index (χ4v) is 4.07. The first kappa shape index (κ1) is 18.5. The lowest BCUT2D eigenvalue weighted by Crippen LogP contribution is -1.98. The number of rotatable bonds is 6. The predicted octanol–water partition coefficient (Wildman–Crippen LogP) is 6.16. The van der Waals surface area contributed by atoms with Crippen molar-refractivity contribution in [2.75, 3.05) is 19.0 Å². The van der Waals surface area contributed by atoms with Crippen molar-refractivity contribution in [1.82, 2.24) is 9.97 Å². The maximum Gasteiger partial charge on any atom is 0.143 e. The summed E-state index contributed by atoms with van der Waals surface area (Å²) in [5.41, 5.74) is 2.89. The Balaban J connectivity index is 1.78. The van der Waals surface area contributed by atoms with Gasteiger partial charge in [-0.1, -0.05) is 23.7 Å². The van der Waals surface area contributed by atoms with E-state index in [0.29, 0.717) is 23.2 Å². The summed E-state index contributed by atoms with van der Waals surface area (Å²) in [5, 5.41) is 7.02. The molecule has 0 bridgehead atoms. The third-order valence-electron chi connectivity index (χ3n) is 4.26. The van der Waals surface area contributed by atoms with E-state index in [2.05, 4.69) is 20.7 Å². The van der Waals surface area contributed by atoms with Gasteiger partial charge >= 0.3 is 0 Å². The fourth-order valence-electron chi connectivity index (χ4n) is 2.99. The standard InChI is InChI=1S/C21H18ClN3O2S/c1-3-27-15-7-4-13(5-8-15)16-11-28-21-19(16)20(23-12-24-21)25-17-10-14(22)6-9-18(17)26-2/h4-12H,3H2,1-2H3,(H,23,24,25). The van der Waals surface area contributed by atoms with Crippen LogP contribution < -0.4 is 14.8 Å². The highest BCUT2D eigenvalue weighted by Crippen LogP contribution is 2.39. The number of anilines is 2. The Kier molecular flexibility index (Phi) is 5.32. The third kappa shape index (κ3) is 3.61. The molecule has 0 spiro atoms. The highest BCUT2D eigenvalue weighted by Gasteiger charge is 2.15. The Bertz CT molecular complexity index is 1110. The zero-order valence-electron chi connectivity index (χ0n) is 15.4. The van der Waals surface area contributed by atoms with Crippen molar-refractivity contribution in [2.45, 2.75) is 6.92 Å². The molecule has 0 saturated heterocycles. The fraction of sp³-hybridized carbons (Fsp3) is 0.143. The van der Waals surface area contributed by atoms with Gasteiger partial charge in [-0.3, -0.25) is 0 Å². The molecule has 0 radical (unpaired) electrons. The number of hydrogen-bond donors (Lipinski definition) is 1. The van der Waals surface area contributed by atoms with Gasteiger partial charge in [0.1, 0.15) is 28.5 Å². The highest BCUT2D eigenvalue weighted by molar-refractivity contribution is 7.17. The molecule has 2 aromatic heterocycles. The summed E-state index contributed by atoms with van der Waals surface area (Å²) in [7, 11) is 1.62. The van der Waals surface area contributed by atoms with E-state index in [1.165, 1.54) is 0 Å². The molecule has 2 aromatic carbocycles. The molecule has 0 aliphatic heterocycles. The van der Waals surface area contributed by atoms with Crippen molar-refractivity contribution in [3.63, 3.8) is 0 Å². The van der Waals surface area contributed by atoms with Crippen LogP contribution in [0.2, 0.25) is 5.02 Å². The maximum absolute atomic E-state index is 6.17. The zero-order valence-corrected chi connectivity index (χ0v) is 17.0. The van der Waals surface area contributed by atoms with Gasteiger partial charge in [0.2, 0.25) is 0 Å². The van der Waals surface area contributed by atoms with E-state index in [1.807, 2.05) is 43.3 Å². The Morgan fingerprint density at radius 1 is 1.11 bits per heavy atom. The number of ether oxygens (including phenoxy) is 2. The summed E-state index contributed by atoms with van der Waals surface area (Å²) in [5.74, 6) is 2.24. The molecular formula is C21H18ClN3O2S. The monoisotopic (exact) mass is 411 g/mol. The lowest BCUT2D eigenvalue weighted by atomic mass is 10.1. The minimum Gasteiger partial charge on any atom is -0.495 e. The van der Waals surface area contributed by atoms with Gasteiger partial charge < -0.3 is 14.8 Å². The van der Waals surface area contributed by atoms with E-state index < -0.39 is 0 Å². The number of methoxy groups -OCH3 is 1. The van der Waals surface area contributed by atoms with Gasteiger partial charge in [-0.15, -0.1) is 11.3 Å². The first-order valence-electron chi connectivity index (χ1n) is 8.75. The maximum atomic E-state index is 6.17. The van der Waals surface area contributed by atoms with Crippen LogP contribution in [0.1, 0.15) is 6.92 Å². The Hall–Kier alpha value is -2.83. The SMILES string of the molecule is CCOc1ccc(-c2csc3ncnc(Nc4cc(Cl)ccc4OC)c23)cc1. The number of fused-ring (bicyclic) bond motifs is 1. The Morgan fingerprint density at radius 3 is 2.68 bits per heavy atom. The van der Waals surface area contributed by atoms with Gasteiger partial charge in [-0.05, 0) is 42.8 Å². The molecule has 142 valence electrons. The summed E-state index contributed by atoms with van der Waals surface area (Å²) < 4.78 is 11.0. The Labute approximate surface area is 171 Å². The van der Waals surface area contributed by atoms with Gasteiger partial charge in [0, 0.05) is 16.0 Å². The van der Waals surface area contributed by atoms with E-state index in [1.54, 1.807) is 30.8 Å². The molecule has 4 rings (SSSR count). The van der Waals surface area contributed by atoms with Crippen LogP contribution in [0.15, 0.2) is 54.2 Å². The van der Waals surface area contributed by atoms with Crippen molar-refractivity contribution >= 4 is 44.7 Å². The second-order valence-electron chi connectivity index (χ2n) is 5.98. The van der Waals surface area contributed by atoms with Crippen LogP contribution in [0.25, 0.3) is 21.3 Å². The van der Waals surface area contributed by atoms with Crippen molar-refractivity contribution in [3.8, 4) is 22.6 Å². The molecule has 7 heteroatoms. The minimum atomic E-state index is 0.616. The molecule has 0 amide bonds. The van der Waals surface area contributed by atoms with Crippen LogP contribution >= 0.6 is 22.9 Å². The van der Waals surface area contributed by atoms with E-state index in [4.69, 9.17) is 21.1 Å². The molecule has 5 nitrogen and oxygen atoms in total. The van der Waals surface area contributed by atoms with Gasteiger partial charge in [-0.2, -0.15) is 0 Å². The zero-order chi connectivity index (χ0) is 19.5. The average molecular weight is 412 g/mol. The number of halogens is 1. The number of benzene rings is 2. The molecule has 0 aliphatic carbocycles. The molecular weight excluding hydrogens is 394 g/mol. The van der Waals surface area contributed by atoms with Crippen LogP contribution in [-0.4, -0.2) is 23.7 Å². The van der Waals surface area contributed by atoms with Crippen LogP contribution in [0.3, 0.4) is 0 Å². The summed E-state index contributed by atoms with van der Waals surface area (Å²) in [6, 6.07) is 13.5.